The molecule has 0 radical (unpaired) electrons. The average molecular weight is 298 g/mol. The van der Waals surface area contributed by atoms with Gasteiger partial charge in [0.25, 0.3) is 0 Å². The molecule has 112 valence electrons. The third kappa shape index (κ3) is 2.17. The first-order valence-electron chi connectivity index (χ1n) is 8.01. The molecule has 0 amide bonds. The summed E-state index contributed by atoms with van der Waals surface area (Å²) < 4.78 is 0. The number of phenols is 1. The lowest BCUT2D eigenvalue weighted by Crippen LogP contribution is -1.88. The maximum atomic E-state index is 10.1. The molecule has 4 aromatic carbocycles. The Morgan fingerprint density at radius 1 is 0.609 bits per heavy atom. The second-order valence-corrected chi connectivity index (χ2v) is 5.85. The fraction of sp³-hybridized carbons (Fsp3) is 0.0909. The van der Waals surface area contributed by atoms with E-state index in [0.29, 0.717) is 5.75 Å². The van der Waals surface area contributed by atoms with Crippen LogP contribution in [0.15, 0.2) is 72.8 Å². The number of aromatic hydroxyl groups is 1. The maximum absolute atomic E-state index is 10.1. The number of rotatable bonds is 2. The summed E-state index contributed by atoms with van der Waals surface area (Å²) in [6.07, 6.45) is 1.02. The maximum Gasteiger partial charge on any atom is 0.123 e. The highest BCUT2D eigenvalue weighted by Gasteiger charge is 2.10. The number of fused-ring (bicyclic) bond motifs is 2. The molecule has 0 spiro atoms. The molecule has 0 heterocycles. The van der Waals surface area contributed by atoms with Crippen LogP contribution in [-0.2, 0) is 6.42 Å². The smallest absolute Gasteiger partial charge is 0.123 e. The molecule has 0 unspecified atom stereocenters. The standard InChI is InChI=1S/C22H18O/c1-2-15-13-14-20(17-8-4-3-7-16(15)17)18-9-5-11-21-19(18)10-6-12-22(21)23/h3-14,23H,2H2,1H3. The summed E-state index contributed by atoms with van der Waals surface area (Å²) in [5, 5.41) is 14.7. The first-order chi connectivity index (χ1) is 11.3. The summed E-state index contributed by atoms with van der Waals surface area (Å²) in [5.74, 6) is 0.332. The van der Waals surface area contributed by atoms with Gasteiger partial charge in [-0.05, 0) is 45.3 Å². The Labute approximate surface area is 135 Å². The zero-order chi connectivity index (χ0) is 15.8. The Balaban J connectivity index is 2.10. The van der Waals surface area contributed by atoms with Gasteiger partial charge in [-0.2, -0.15) is 0 Å². The summed E-state index contributed by atoms with van der Waals surface area (Å²) in [6.45, 7) is 2.19. The van der Waals surface area contributed by atoms with Gasteiger partial charge in [-0.25, -0.2) is 0 Å². The summed E-state index contributed by atoms with van der Waals surface area (Å²) >= 11 is 0. The van der Waals surface area contributed by atoms with Crippen molar-refractivity contribution in [2.75, 3.05) is 0 Å². The minimum Gasteiger partial charge on any atom is -0.507 e. The molecule has 0 fully saturated rings. The van der Waals surface area contributed by atoms with Crippen LogP contribution >= 0.6 is 0 Å². The third-order valence-corrected chi connectivity index (χ3v) is 4.58. The number of hydrogen-bond donors (Lipinski definition) is 1. The summed E-state index contributed by atoms with van der Waals surface area (Å²) in [5.41, 5.74) is 3.75. The quantitative estimate of drug-likeness (QED) is 0.486. The normalized spacial score (nSPS) is 11.2. The largest absolute Gasteiger partial charge is 0.507 e. The van der Waals surface area contributed by atoms with Crippen LogP contribution in [0.25, 0.3) is 32.7 Å². The lowest BCUT2D eigenvalue weighted by Gasteiger charge is -2.13. The molecular formula is C22H18O. The van der Waals surface area contributed by atoms with Gasteiger partial charge in [0.15, 0.2) is 0 Å². The van der Waals surface area contributed by atoms with E-state index in [1.54, 1.807) is 6.07 Å². The minimum atomic E-state index is 0.332. The van der Waals surface area contributed by atoms with Crippen molar-refractivity contribution in [1.29, 1.82) is 0 Å². The Morgan fingerprint density at radius 2 is 1.22 bits per heavy atom. The van der Waals surface area contributed by atoms with Crippen molar-refractivity contribution in [2.45, 2.75) is 13.3 Å². The van der Waals surface area contributed by atoms with Gasteiger partial charge in [0, 0.05) is 5.39 Å². The molecule has 0 aliphatic rings. The van der Waals surface area contributed by atoms with Crippen LogP contribution < -0.4 is 0 Å². The number of benzene rings is 4. The fourth-order valence-electron chi connectivity index (χ4n) is 3.43. The van der Waals surface area contributed by atoms with Gasteiger partial charge in [-0.15, -0.1) is 0 Å². The van der Waals surface area contributed by atoms with Crippen LogP contribution in [0.2, 0.25) is 0 Å². The van der Waals surface area contributed by atoms with Gasteiger partial charge in [0.05, 0.1) is 0 Å². The molecule has 1 N–H and O–H groups in total. The second-order valence-electron chi connectivity index (χ2n) is 5.85. The van der Waals surface area contributed by atoms with Crippen molar-refractivity contribution in [1.82, 2.24) is 0 Å². The van der Waals surface area contributed by atoms with E-state index in [1.165, 1.54) is 21.9 Å². The molecule has 0 atom stereocenters. The van der Waals surface area contributed by atoms with E-state index in [9.17, 15) is 5.11 Å². The molecule has 23 heavy (non-hydrogen) atoms. The predicted octanol–water partition coefficient (Wildman–Crippen LogP) is 5.93. The van der Waals surface area contributed by atoms with Crippen molar-refractivity contribution < 1.29 is 5.11 Å². The van der Waals surface area contributed by atoms with Crippen LogP contribution in [0, 0.1) is 0 Å². The third-order valence-electron chi connectivity index (χ3n) is 4.58. The van der Waals surface area contributed by atoms with Gasteiger partial charge in [-0.1, -0.05) is 73.7 Å². The Bertz CT molecular complexity index is 1010. The van der Waals surface area contributed by atoms with E-state index in [1.807, 2.05) is 18.2 Å². The SMILES string of the molecule is CCc1ccc(-c2cccc3c(O)cccc23)c2ccccc12. The lowest BCUT2D eigenvalue weighted by atomic mass is 9.91. The highest BCUT2D eigenvalue weighted by molar-refractivity contribution is 6.07. The number of phenolic OH excluding ortho intramolecular Hbond substituents is 1. The van der Waals surface area contributed by atoms with Crippen LogP contribution in [0.5, 0.6) is 5.75 Å². The molecule has 0 saturated heterocycles. The highest BCUT2D eigenvalue weighted by atomic mass is 16.3. The van der Waals surface area contributed by atoms with E-state index in [0.717, 1.165) is 22.8 Å². The summed E-state index contributed by atoms with van der Waals surface area (Å²) in [7, 11) is 0. The highest BCUT2D eigenvalue weighted by Crippen LogP contribution is 2.37. The fourth-order valence-corrected chi connectivity index (χ4v) is 3.43. The lowest BCUT2D eigenvalue weighted by molar-refractivity contribution is 0.481. The molecule has 0 aromatic heterocycles. The molecule has 4 aromatic rings. The number of aryl methyl sites for hydroxylation is 1. The van der Waals surface area contributed by atoms with E-state index in [2.05, 4.69) is 55.5 Å². The van der Waals surface area contributed by atoms with Crippen molar-refractivity contribution in [3.8, 4) is 16.9 Å². The van der Waals surface area contributed by atoms with Gasteiger partial charge in [0.2, 0.25) is 0 Å². The van der Waals surface area contributed by atoms with Gasteiger partial charge >= 0.3 is 0 Å². The van der Waals surface area contributed by atoms with E-state index in [-0.39, 0.29) is 0 Å². The van der Waals surface area contributed by atoms with Crippen LogP contribution in [0.1, 0.15) is 12.5 Å². The second kappa shape index (κ2) is 5.44. The van der Waals surface area contributed by atoms with E-state index >= 15 is 0 Å². The molecule has 0 aliphatic heterocycles. The monoisotopic (exact) mass is 298 g/mol. The van der Waals surface area contributed by atoms with Gasteiger partial charge in [-0.3, -0.25) is 0 Å². The molecule has 1 heteroatoms. The molecular weight excluding hydrogens is 280 g/mol. The van der Waals surface area contributed by atoms with Gasteiger partial charge < -0.3 is 5.11 Å². The number of hydrogen-bond acceptors (Lipinski definition) is 1. The average Bonchev–Trinajstić information content (AvgIpc) is 2.61. The molecule has 0 saturated carbocycles. The summed E-state index contributed by atoms with van der Waals surface area (Å²) in [6, 6.07) is 24.8. The van der Waals surface area contributed by atoms with Crippen LogP contribution in [-0.4, -0.2) is 5.11 Å². The van der Waals surface area contributed by atoms with E-state index < -0.39 is 0 Å². The Hall–Kier alpha value is -2.80. The molecule has 0 aliphatic carbocycles. The van der Waals surface area contributed by atoms with Crippen LogP contribution in [0.4, 0.5) is 0 Å². The summed E-state index contributed by atoms with van der Waals surface area (Å²) in [4.78, 5) is 0. The van der Waals surface area contributed by atoms with Crippen LogP contribution in [0.3, 0.4) is 0 Å². The topological polar surface area (TPSA) is 20.2 Å². The van der Waals surface area contributed by atoms with Crippen molar-refractivity contribution >= 4 is 21.5 Å². The van der Waals surface area contributed by atoms with Crippen molar-refractivity contribution in [3.05, 3.63) is 78.4 Å². The predicted molar refractivity (Wildman–Crippen MR) is 97.9 cm³/mol. The molecule has 1 nitrogen and oxygen atoms in total. The zero-order valence-corrected chi connectivity index (χ0v) is 13.1. The Kier molecular flexibility index (Phi) is 3.27. The van der Waals surface area contributed by atoms with E-state index in [4.69, 9.17) is 0 Å². The Morgan fingerprint density at radius 3 is 2.04 bits per heavy atom. The first-order valence-corrected chi connectivity index (χ1v) is 8.01. The molecule has 4 rings (SSSR count). The zero-order valence-electron chi connectivity index (χ0n) is 13.1. The van der Waals surface area contributed by atoms with Crippen molar-refractivity contribution in [3.63, 3.8) is 0 Å². The van der Waals surface area contributed by atoms with Crippen molar-refractivity contribution in [2.24, 2.45) is 0 Å². The minimum absolute atomic E-state index is 0.332. The molecule has 0 bridgehead atoms. The van der Waals surface area contributed by atoms with Gasteiger partial charge in [0.1, 0.15) is 5.75 Å². The first kappa shape index (κ1) is 13.8.